The number of carbonyl (C=O) groups is 1. The van der Waals surface area contributed by atoms with Gasteiger partial charge in [-0.1, -0.05) is 6.08 Å². The molecule has 0 amide bonds. The third-order valence-electron chi connectivity index (χ3n) is 1.65. The summed E-state index contributed by atoms with van der Waals surface area (Å²) in [7, 11) is 0. The minimum absolute atomic E-state index is 0.207. The lowest BCUT2D eigenvalue weighted by Crippen LogP contribution is -2.14. The Bertz CT molecular complexity index is 401. The van der Waals surface area contributed by atoms with E-state index < -0.39 is 0 Å². The molecule has 1 aromatic heterocycles. The van der Waals surface area contributed by atoms with Crippen LogP contribution >= 0.6 is 0 Å². The van der Waals surface area contributed by atoms with Gasteiger partial charge < -0.3 is 4.98 Å². The molecule has 1 heterocycles. The summed E-state index contributed by atoms with van der Waals surface area (Å²) in [5, 5.41) is 0. The molecule has 0 spiro atoms. The van der Waals surface area contributed by atoms with E-state index in [2.05, 4.69) is 4.98 Å². The van der Waals surface area contributed by atoms with Crippen molar-refractivity contribution < 1.29 is 4.79 Å². The molecule has 3 heteroatoms. The zero-order valence-corrected chi connectivity index (χ0v) is 5.63. The van der Waals surface area contributed by atoms with Gasteiger partial charge in [-0.15, -0.1) is 0 Å². The second-order valence-corrected chi connectivity index (χ2v) is 2.33. The lowest BCUT2D eigenvalue weighted by Gasteiger charge is -1.91. The van der Waals surface area contributed by atoms with E-state index in [1.807, 2.05) is 0 Å². The Morgan fingerprint density at radius 2 is 2.00 bits per heavy atom. The molecule has 3 nitrogen and oxygen atoms in total. The number of rotatable bonds is 0. The highest BCUT2D eigenvalue weighted by Gasteiger charge is 2.16. The quantitative estimate of drug-likeness (QED) is 0.583. The predicted octanol–water partition coefficient (Wildman–Crippen LogP) is 0.584. The zero-order valence-electron chi connectivity index (χ0n) is 5.63. The SMILES string of the molecule is O=C1C=Cc2cc[nH]c(=O)c21. The summed E-state index contributed by atoms with van der Waals surface area (Å²) in [6, 6.07) is 1.71. The Hall–Kier alpha value is -1.64. The van der Waals surface area contributed by atoms with Crippen molar-refractivity contribution in [2.75, 3.05) is 0 Å². The fraction of sp³-hybridized carbons (Fsp3) is 0. The third kappa shape index (κ3) is 0.741. The molecule has 0 saturated heterocycles. The van der Waals surface area contributed by atoms with Gasteiger partial charge >= 0.3 is 0 Å². The second-order valence-electron chi connectivity index (χ2n) is 2.33. The van der Waals surface area contributed by atoms with Gasteiger partial charge in [-0.05, 0) is 17.7 Å². The second kappa shape index (κ2) is 1.92. The summed E-state index contributed by atoms with van der Waals surface area (Å²) in [4.78, 5) is 24.4. The van der Waals surface area contributed by atoms with E-state index >= 15 is 0 Å². The van der Waals surface area contributed by atoms with E-state index in [1.54, 1.807) is 12.1 Å². The van der Waals surface area contributed by atoms with Crippen molar-refractivity contribution in [1.29, 1.82) is 0 Å². The molecule has 0 atom stereocenters. The van der Waals surface area contributed by atoms with Crippen LogP contribution in [0.2, 0.25) is 0 Å². The number of carbonyl (C=O) groups excluding carboxylic acids is 1. The molecule has 1 aliphatic carbocycles. The van der Waals surface area contributed by atoms with Crippen LogP contribution in [-0.2, 0) is 0 Å². The highest BCUT2D eigenvalue weighted by molar-refractivity contribution is 6.13. The largest absolute Gasteiger partial charge is 0.328 e. The smallest absolute Gasteiger partial charge is 0.259 e. The number of hydrogen-bond donors (Lipinski definition) is 1. The van der Waals surface area contributed by atoms with Crippen LogP contribution in [-0.4, -0.2) is 10.8 Å². The monoisotopic (exact) mass is 147 g/mol. The van der Waals surface area contributed by atoms with Gasteiger partial charge in [0.1, 0.15) is 0 Å². The number of hydrogen-bond acceptors (Lipinski definition) is 2. The van der Waals surface area contributed by atoms with Crippen LogP contribution in [0.15, 0.2) is 23.1 Å². The van der Waals surface area contributed by atoms with E-state index in [0.717, 1.165) is 0 Å². The van der Waals surface area contributed by atoms with Crippen LogP contribution in [0, 0.1) is 0 Å². The Morgan fingerprint density at radius 3 is 2.73 bits per heavy atom. The number of H-pyrrole nitrogens is 1. The maximum Gasteiger partial charge on any atom is 0.259 e. The maximum atomic E-state index is 11.0. The van der Waals surface area contributed by atoms with Crippen molar-refractivity contribution in [3.8, 4) is 0 Å². The number of aromatic amines is 1. The number of allylic oxidation sites excluding steroid dienone is 1. The number of aromatic nitrogens is 1. The van der Waals surface area contributed by atoms with Crippen LogP contribution in [0.4, 0.5) is 0 Å². The third-order valence-corrected chi connectivity index (χ3v) is 1.65. The molecule has 0 radical (unpaired) electrons. The predicted molar refractivity (Wildman–Crippen MR) is 40.4 cm³/mol. The molecule has 0 aliphatic heterocycles. The van der Waals surface area contributed by atoms with Crippen LogP contribution < -0.4 is 5.56 Å². The summed E-state index contributed by atoms with van der Waals surface area (Å²) >= 11 is 0. The van der Waals surface area contributed by atoms with E-state index in [9.17, 15) is 9.59 Å². The summed E-state index contributed by atoms with van der Waals surface area (Å²) < 4.78 is 0. The first kappa shape index (κ1) is 6.09. The minimum atomic E-state index is -0.308. The van der Waals surface area contributed by atoms with E-state index in [-0.39, 0.29) is 16.9 Å². The number of fused-ring (bicyclic) bond motifs is 1. The van der Waals surface area contributed by atoms with E-state index in [1.165, 1.54) is 12.3 Å². The lowest BCUT2D eigenvalue weighted by molar-refractivity contribution is 0.104. The molecule has 0 aromatic carbocycles. The van der Waals surface area contributed by atoms with Gasteiger partial charge in [-0.25, -0.2) is 0 Å². The summed E-state index contributed by atoms with van der Waals surface area (Å²) in [6.07, 6.45) is 4.58. The Kier molecular flexibility index (Phi) is 1.06. The average molecular weight is 147 g/mol. The fourth-order valence-corrected chi connectivity index (χ4v) is 1.14. The van der Waals surface area contributed by atoms with Crippen molar-refractivity contribution in [3.63, 3.8) is 0 Å². The van der Waals surface area contributed by atoms with Gasteiger partial charge in [0.15, 0.2) is 5.78 Å². The molecule has 1 aliphatic rings. The van der Waals surface area contributed by atoms with E-state index in [0.29, 0.717) is 5.56 Å². The Morgan fingerprint density at radius 1 is 1.18 bits per heavy atom. The van der Waals surface area contributed by atoms with Crippen LogP contribution in [0.1, 0.15) is 15.9 Å². The number of pyridine rings is 1. The van der Waals surface area contributed by atoms with Gasteiger partial charge in [-0.3, -0.25) is 9.59 Å². The molecule has 0 unspecified atom stereocenters. The first-order valence-corrected chi connectivity index (χ1v) is 3.23. The Labute approximate surface area is 62.4 Å². The molecule has 0 bridgehead atoms. The van der Waals surface area contributed by atoms with Crippen LogP contribution in [0.5, 0.6) is 0 Å². The highest BCUT2D eigenvalue weighted by atomic mass is 16.1. The number of nitrogens with one attached hydrogen (secondary N) is 1. The minimum Gasteiger partial charge on any atom is -0.328 e. The topological polar surface area (TPSA) is 49.9 Å². The Balaban J connectivity index is 2.85. The number of ketones is 1. The molecule has 1 aromatic rings. The summed E-state index contributed by atoms with van der Waals surface area (Å²) in [5.41, 5.74) is 0.656. The van der Waals surface area contributed by atoms with Gasteiger partial charge in [0.25, 0.3) is 5.56 Å². The fourth-order valence-electron chi connectivity index (χ4n) is 1.14. The van der Waals surface area contributed by atoms with Gasteiger partial charge in [0.2, 0.25) is 0 Å². The van der Waals surface area contributed by atoms with Gasteiger partial charge in [0.05, 0.1) is 5.56 Å². The molecular formula is C8H5NO2. The average Bonchev–Trinajstić information content (AvgIpc) is 2.34. The molecule has 2 rings (SSSR count). The molecule has 0 fully saturated rings. The zero-order chi connectivity index (χ0) is 7.84. The van der Waals surface area contributed by atoms with Crippen molar-refractivity contribution in [3.05, 3.63) is 39.8 Å². The first-order valence-electron chi connectivity index (χ1n) is 3.23. The van der Waals surface area contributed by atoms with Crippen molar-refractivity contribution >= 4 is 11.9 Å². The van der Waals surface area contributed by atoms with Crippen LogP contribution in [0.3, 0.4) is 0 Å². The highest BCUT2D eigenvalue weighted by Crippen LogP contribution is 2.13. The van der Waals surface area contributed by atoms with Gasteiger partial charge in [0, 0.05) is 6.20 Å². The molecule has 54 valence electrons. The molecule has 1 N–H and O–H groups in total. The van der Waals surface area contributed by atoms with E-state index in [4.69, 9.17) is 0 Å². The van der Waals surface area contributed by atoms with Crippen molar-refractivity contribution in [2.45, 2.75) is 0 Å². The standard InChI is InChI=1S/C8H5NO2/c10-6-2-1-5-3-4-9-8(11)7(5)6/h1-4H,(H,9,11). The van der Waals surface area contributed by atoms with Crippen LogP contribution in [0.25, 0.3) is 6.08 Å². The lowest BCUT2D eigenvalue weighted by atomic mass is 10.2. The van der Waals surface area contributed by atoms with Gasteiger partial charge in [-0.2, -0.15) is 0 Å². The molecular weight excluding hydrogens is 142 g/mol. The maximum absolute atomic E-state index is 11.0. The van der Waals surface area contributed by atoms with Crippen molar-refractivity contribution in [1.82, 2.24) is 4.98 Å². The first-order chi connectivity index (χ1) is 5.29. The summed E-state index contributed by atoms with van der Waals surface area (Å²) in [6.45, 7) is 0. The normalized spacial score (nSPS) is 13.6. The molecule has 0 saturated carbocycles. The summed E-state index contributed by atoms with van der Waals surface area (Å²) in [5.74, 6) is -0.207. The van der Waals surface area contributed by atoms with Crippen molar-refractivity contribution in [2.24, 2.45) is 0 Å². The molecule has 11 heavy (non-hydrogen) atoms.